The highest BCUT2D eigenvalue weighted by Gasteiger charge is 2.00. The van der Waals surface area contributed by atoms with Crippen LogP contribution < -0.4 is 5.32 Å². The van der Waals surface area contributed by atoms with Gasteiger partial charge in [-0.15, -0.1) is 0 Å². The number of carbonyl (C=O) groups excluding carboxylic acids is 1. The zero-order chi connectivity index (χ0) is 10.4. The van der Waals surface area contributed by atoms with Crippen molar-refractivity contribution in [3.63, 3.8) is 0 Å². The second kappa shape index (κ2) is 5.78. The lowest BCUT2D eigenvalue weighted by atomic mass is 10.3. The smallest absolute Gasteiger partial charge is 0.226 e. The van der Waals surface area contributed by atoms with Crippen LogP contribution in [0.15, 0.2) is 28.7 Å². The molecule has 0 saturated carbocycles. The maximum Gasteiger partial charge on any atom is 0.226 e. The molecule has 0 aliphatic carbocycles. The van der Waals surface area contributed by atoms with Crippen LogP contribution in [0.1, 0.15) is 6.42 Å². The van der Waals surface area contributed by atoms with Gasteiger partial charge in [0.25, 0.3) is 0 Å². The van der Waals surface area contributed by atoms with Crippen LogP contribution >= 0.6 is 15.9 Å². The molecule has 0 aliphatic rings. The number of hydrogen-bond donors (Lipinski definition) is 1. The topological polar surface area (TPSA) is 38.3 Å². The van der Waals surface area contributed by atoms with Gasteiger partial charge >= 0.3 is 0 Å². The number of benzene rings is 1. The summed E-state index contributed by atoms with van der Waals surface area (Å²) in [4.78, 5) is 11.3. The normalized spacial score (nSPS) is 9.86. The van der Waals surface area contributed by atoms with E-state index in [2.05, 4.69) is 21.2 Å². The van der Waals surface area contributed by atoms with Gasteiger partial charge in [-0.2, -0.15) is 0 Å². The molecule has 0 fully saturated rings. The third-order valence-electron chi connectivity index (χ3n) is 1.66. The Hall–Kier alpha value is -0.870. The second-order valence-corrected chi connectivity index (χ2v) is 3.71. The molecule has 1 aromatic carbocycles. The molecule has 3 nitrogen and oxygen atoms in total. The maximum absolute atomic E-state index is 11.3. The van der Waals surface area contributed by atoms with Crippen molar-refractivity contribution < 1.29 is 9.53 Å². The number of halogens is 1. The van der Waals surface area contributed by atoms with E-state index in [4.69, 9.17) is 4.74 Å². The van der Waals surface area contributed by atoms with E-state index in [-0.39, 0.29) is 5.91 Å². The molecule has 1 N–H and O–H groups in total. The van der Waals surface area contributed by atoms with Gasteiger partial charge in [0.2, 0.25) is 5.91 Å². The van der Waals surface area contributed by atoms with E-state index in [1.807, 2.05) is 24.3 Å². The van der Waals surface area contributed by atoms with Crippen molar-refractivity contribution in [2.24, 2.45) is 0 Å². The molecular formula is C10H12BrNO2. The zero-order valence-electron chi connectivity index (χ0n) is 7.92. The Morgan fingerprint density at radius 1 is 1.43 bits per heavy atom. The van der Waals surface area contributed by atoms with E-state index >= 15 is 0 Å². The molecule has 1 amide bonds. The van der Waals surface area contributed by atoms with Crippen molar-refractivity contribution in [1.82, 2.24) is 0 Å². The first-order valence-corrected chi connectivity index (χ1v) is 5.06. The fourth-order valence-corrected chi connectivity index (χ4v) is 1.22. The largest absolute Gasteiger partial charge is 0.384 e. The summed E-state index contributed by atoms with van der Waals surface area (Å²) in [5.41, 5.74) is 0.800. The van der Waals surface area contributed by atoms with Crippen LogP contribution in [0.3, 0.4) is 0 Å². The molecule has 0 spiro atoms. The van der Waals surface area contributed by atoms with Crippen LogP contribution in [0.2, 0.25) is 0 Å². The third kappa shape index (κ3) is 3.89. The van der Waals surface area contributed by atoms with E-state index < -0.39 is 0 Å². The number of methoxy groups -OCH3 is 1. The van der Waals surface area contributed by atoms with Crippen molar-refractivity contribution in [2.75, 3.05) is 19.0 Å². The maximum atomic E-state index is 11.3. The molecular weight excluding hydrogens is 246 g/mol. The summed E-state index contributed by atoms with van der Waals surface area (Å²) in [6, 6.07) is 7.45. The number of carbonyl (C=O) groups is 1. The van der Waals surface area contributed by atoms with E-state index in [0.29, 0.717) is 13.0 Å². The lowest BCUT2D eigenvalue weighted by Gasteiger charge is -2.04. The molecule has 76 valence electrons. The molecule has 1 aromatic rings. The van der Waals surface area contributed by atoms with Crippen molar-refractivity contribution in [3.8, 4) is 0 Å². The number of hydrogen-bond acceptors (Lipinski definition) is 2. The standard InChI is InChI=1S/C10H12BrNO2/c1-14-7-6-10(13)12-9-4-2-8(11)3-5-9/h2-5H,6-7H2,1H3,(H,12,13). The molecule has 0 aromatic heterocycles. The van der Waals surface area contributed by atoms with Crippen molar-refractivity contribution in [1.29, 1.82) is 0 Å². The molecule has 1 rings (SSSR count). The Morgan fingerprint density at radius 3 is 2.64 bits per heavy atom. The molecule has 0 radical (unpaired) electrons. The lowest BCUT2D eigenvalue weighted by molar-refractivity contribution is -0.117. The summed E-state index contributed by atoms with van der Waals surface area (Å²) in [6.45, 7) is 0.447. The van der Waals surface area contributed by atoms with Crippen molar-refractivity contribution in [3.05, 3.63) is 28.7 Å². The van der Waals surface area contributed by atoms with E-state index in [9.17, 15) is 4.79 Å². The van der Waals surface area contributed by atoms with Gasteiger partial charge in [-0.05, 0) is 24.3 Å². The first-order chi connectivity index (χ1) is 6.72. The summed E-state index contributed by atoms with van der Waals surface area (Å²) >= 11 is 3.32. The molecule has 0 unspecified atom stereocenters. The Morgan fingerprint density at radius 2 is 2.07 bits per heavy atom. The monoisotopic (exact) mass is 257 g/mol. The zero-order valence-corrected chi connectivity index (χ0v) is 9.50. The minimum atomic E-state index is -0.0332. The summed E-state index contributed by atoms with van der Waals surface area (Å²) in [5.74, 6) is -0.0332. The quantitative estimate of drug-likeness (QED) is 0.900. The molecule has 0 saturated heterocycles. The van der Waals surface area contributed by atoms with Crippen LogP contribution in [-0.4, -0.2) is 19.6 Å². The fraction of sp³-hybridized carbons (Fsp3) is 0.300. The number of ether oxygens (including phenoxy) is 1. The average molecular weight is 258 g/mol. The number of amides is 1. The van der Waals surface area contributed by atoms with Gasteiger partial charge in [-0.25, -0.2) is 0 Å². The first kappa shape index (κ1) is 11.2. The highest BCUT2D eigenvalue weighted by Crippen LogP contribution is 2.14. The van der Waals surface area contributed by atoms with Gasteiger partial charge in [-0.1, -0.05) is 15.9 Å². The molecule has 14 heavy (non-hydrogen) atoms. The van der Waals surface area contributed by atoms with Crippen LogP contribution in [0.25, 0.3) is 0 Å². The molecule has 0 heterocycles. The molecule has 4 heteroatoms. The summed E-state index contributed by atoms with van der Waals surface area (Å²) in [6.07, 6.45) is 0.382. The van der Waals surface area contributed by atoms with Gasteiger partial charge < -0.3 is 10.1 Å². The minimum Gasteiger partial charge on any atom is -0.384 e. The van der Waals surface area contributed by atoms with Gasteiger partial charge in [-0.3, -0.25) is 4.79 Å². The summed E-state index contributed by atoms with van der Waals surface area (Å²) in [5, 5.41) is 2.76. The van der Waals surface area contributed by atoms with Crippen molar-refractivity contribution >= 4 is 27.5 Å². The Balaban J connectivity index is 2.44. The summed E-state index contributed by atoms with van der Waals surface area (Å²) in [7, 11) is 1.58. The predicted molar refractivity (Wildman–Crippen MR) is 59.3 cm³/mol. The third-order valence-corrected chi connectivity index (χ3v) is 2.19. The highest BCUT2D eigenvalue weighted by atomic mass is 79.9. The van der Waals surface area contributed by atoms with Crippen LogP contribution in [0, 0.1) is 0 Å². The molecule has 0 bridgehead atoms. The Kier molecular flexibility index (Phi) is 4.62. The van der Waals surface area contributed by atoms with Gasteiger partial charge in [0.15, 0.2) is 0 Å². The summed E-state index contributed by atoms with van der Waals surface area (Å²) < 4.78 is 5.79. The van der Waals surface area contributed by atoms with E-state index in [1.165, 1.54) is 0 Å². The highest BCUT2D eigenvalue weighted by molar-refractivity contribution is 9.10. The molecule has 0 aliphatic heterocycles. The van der Waals surface area contributed by atoms with Gasteiger partial charge in [0.05, 0.1) is 13.0 Å². The van der Waals surface area contributed by atoms with Crippen LogP contribution in [0.4, 0.5) is 5.69 Å². The average Bonchev–Trinajstić information content (AvgIpc) is 2.18. The molecule has 0 atom stereocenters. The van der Waals surface area contributed by atoms with E-state index in [1.54, 1.807) is 7.11 Å². The second-order valence-electron chi connectivity index (χ2n) is 2.80. The Bertz CT molecular complexity index is 297. The van der Waals surface area contributed by atoms with Crippen LogP contribution in [-0.2, 0) is 9.53 Å². The minimum absolute atomic E-state index is 0.0332. The number of nitrogens with one attached hydrogen (secondary N) is 1. The number of anilines is 1. The predicted octanol–water partition coefficient (Wildman–Crippen LogP) is 2.42. The van der Waals surface area contributed by atoms with Gasteiger partial charge in [0.1, 0.15) is 0 Å². The lowest BCUT2D eigenvalue weighted by Crippen LogP contribution is -2.13. The van der Waals surface area contributed by atoms with E-state index in [0.717, 1.165) is 10.2 Å². The fourth-order valence-electron chi connectivity index (χ4n) is 0.951. The Labute approximate surface area is 91.6 Å². The van der Waals surface area contributed by atoms with Crippen LogP contribution in [0.5, 0.6) is 0 Å². The van der Waals surface area contributed by atoms with Gasteiger partial charge in [0, 0.05) is 17.3 Å². The number of rotatable bonds is 4. The van der Waals surface area contributed by atoms with Crippen molar-refractivity contribution in [2.45, 2.75) is 6.42 Å². The SMILES string of the molecule is COCCC(=O)Nc1ccc(Br)cc1. The first-order valence-electron chi connectivity index (χ1n) is 4.26.